The van der Waals surface area contributed by atoms with Gasteiger partial charge in [0.25, 0.3) is 0 Å². The number of furan rings is 1. The number of aryl methyl sites for hydroxylation is 4. The van der Waals surface area contributed by atoms with Crippen molar-refractivity contribution < 1.29 is 4.42 Å². The fourth-order valence-electron chi connectivity index (χ4n) is 3.12. The molecule has 0 atom stereocenters. The molecule has 0 bridgehead atoms. The third kappa shape index (κ3) is 4.07. The zero-order chi connectivity index (χ0) is 18.5. The fraction of sp³-hybridized carbons (Fsp3) is 0.400. The van der Waals surface area contributed by atoms with Gasteiger partial charge in [0.15, 0.2) is 5.96 Å². The van der Waals surface area contributed by atoms with Crippen LogP contribution in [0.3, 0.4) is 0 Å². The van der Waals surface area contributed by atoms with E-state index in [9.17, 15) is 0 Å². The zero-order valence-corrected chi connectivity index (χ0v) is 16.0. The Morgan fingerprint density at radius 3 is 2.69 bits per heavy atom. The summed E-state index contributed by atoms with van der Waals surface area (Å²) in [5.74, 6) is 1.72. The van der Waals surface area contributed by atoms with Crippen LogP contribution in [0.5, 0.6) is 0 Å². The average Bonchev–Trinajstić information content (AvgIpc) is 3.13. The Morgan fingerprint density at radius 1 is 1.19 bits per heavy atom. The maximum atomic E-state index is 5.94. The van der Waals surface area contributed by atoms with Crippen LogP contribution in [0.1, 0.15) is 29.1 Å². The van der Waals surface area contributed by atoms with Gasteiger partial charge >= 0.3 is 0 Å². The molecule has 0 amide bonds. The van der Waals surface area contributed by atoms with Crippen molar-refractivity contribution in [3.8, 4) is 0 Å². The minimum Gasteiger partial charge on any atom is -0.459 e. The van der Waals surface area contributed by atoms with E-state index in [1.54, 1.807) is 7.05 Å². The molecule has 0 aliphatic carbocycles. The minimum atomic E-state index is 0.609. The van der Waals surface area contributed by atoms with Crippen LogP contribution in [0.2, 0.25) is 0 Å². The predicted octanol–water partition coefficient (Wildman–Crippen LogP) is 3.31. The molecule has 1 aromatic carbocycles. The summed E-state index contributed by atoms with van der Waals surface area (Å²) in [6, 6.07) is 10.2. The van der Waals surface area contributed by atoms with E-state index in [0.717, 1.165) is 47.9 Å². The highest BCUT2D eigenvalue weighted by Gasteiger charge is 2.10. The van der Waals surface area contributed by atoms with Crippen molar-refractivity contribution in [1.29, 1.82) is 0 Å². The van der Waals surface area contributed by atoms with E-state index < -0.39 is 0 Å². The number of aliphatic imine (C=N–C) groups is 1. The highest BCUT2D eigenvalue weighted by atomic mass is 16.3. The van der Waals surface area contributed by atoms with Crippen LogP contribution >= 0.6 is 0 Å². The van der Waals surface area contributed by atoms with Crippen molar-refractivity contribution in [2.75, 3.05) is 13.6 Å². The quantitative estimate of drug-likeness (QED) is 0.405. The van der Waals surface area contributed by atoms with E-state index in [0.29, 0.717) is 6.54 Å². The largest absolute Gasteiger partial charge is 0.459 e. The monoisotopic (exact) mass is 353 g/mol. The summed E-state index contributed by atoms with van der Waals surface area (Å²) in [5.41, 5.74) is 4.36. The molecule has 2 N–H and O–H groups in total. The van der Waals surface area contributed by atoms with Gasteiger partial charge in [-0.15, -0.1) is 0 Å². The maximum absolute atomic E-state index is 5.94. The molecule has 6 heteroatoms. The van der Waals surface area contributed by atoms with Gasteiger partial charge < -0.3 is 15.1 Å². The number of hydrogen-bond acceptors (Lipinski definition) is 3. The molecular weight excluding hydrogens is 326 g/mol. The van der Waals surface area contributed by atoms with E-state index in [2.05, 4.69) is 46.7 Å². The molecule has 0 unspecified atom stereocenters. The van der Waals surface area contributed by atoms with Gasteiger partial charge in [-0.2, -0.15) is 5.10 Å². The first-order valence-electron chi connectivity index (χ1n) is 9.01. The summed E-state index contributed by atoms with van der Waals surface area (Å²) in [6.07, 6.45) is 0.978. The van der Waals surface area contributed by atoms with Crippen LogP contribution in [0.4, 0.5) is 0 Å². The third-order valence-corrected chi connectivity index (χ3v) is 4.52. The van der Waals surface area contributed by atoms with Crippen LogP contribution in [0, 0.1) is 20.8 Å². The molecule has 0 aliphatic heterocycles. The van der Waals surface area contributed by atoms with Gasteiger partial charge in [-0.3, -0.25) is 9.67 Å². The summed E-state index contributed by atoms with van der Waals surface area (Å²) in [6.45, 7) is 8.53. The smallest absolute Gasteiger partial charge is 0.191 e. The molecule has 0 fully saturated rings. The number of fused-ring (bicyclic) bond motifs is 1. The Kier molecular flexibility index (Phi) is 5.61. The van der Waals surface area contributed by atoms with Crippen molar-refractivity contribution in [2.45, 2.75) is 40.3 Å². The second-order valence-electron chi connectivity index (χ2n) is 6.50. The lowest BCUT2D eigenvalue weighted by Gasteiger charge is -2.11. The van der Waals surface area contributed by atoms with Crippen LogP contribution in [0.15, 0.2) is 39.7 Å². The van der Waals surface area contributed by atoms with E-state index in [4.69, 9.17) is 4.42 Å². The summed E-state index contributed by atoms with van der Waals surface area (Å²) in [7, 11) is 1.78. The number of benzene rings is 1. The fourth-order valence-corrected chi connectivity index (χ4v) is 3.12. The Bertz CT molecular complexity index is 906. The predicted molar refractivity (Wildman–Crippen MR) is 105 cm³/mol. The van der Waals surface area contributed by atoms with Crippen LogP contribution in [-0.2, 0) is 13.1 Å². The van der Waals surface area contributed by atoms with Gasteiger partial charge in [0.1, 0.15) is 11.3 Å². The summed E-state index contributed by atoms with van der Waals surface area (Å²) in [4.78, 5) is 4.28. The summed E-state index contributed by atoms with van der Waals surface area (Å²) in [5, 5.41) is 12.3. The standard InChI is InChI=1S/C20H27N5O/c1-14-12-15(2)25(24-14)11-7-10-22-20(21-4)23-13-19-16(3)17-8-5-6-9-18(17)26-19/h5-6,8-9,12H,7,10-11,13H2,1-4H3,(H2,21,22,23). The number of nitrogens with zero attached hydrogens (tertiary/aromatic N) is 3. The second-order valence-corrected chi connectivity index (χ2v) is 6.50. The van der Waals surface area contributed by atoms with E-state index in [-0.39, 0.29) is 0 Å². The highest BCUT2D eigenvalue weighted by Crippen LogP contribution is 2.24. The first-order valence-corrected chi connectivity index (χ1v) is 9.01. The number of nitrogens with one attached hydrogen (secondary N) is 2. The van der Waals surface area contributed by atoms with Crippen molar-refractivity contribution in [3.63, 3.8) is 0 Å². The molecule has 0 radical (unpaired) electrons. The number of aromatic nitrogens is 2. The van der Waals surface area contributed by atoms with Crippen LogP contribution in [0.25, 0.3) is 11.0 Å². The van der Waals surface area contributed by atoms with Crippen LogP contribution < -0.4 is 10.6 Å². The Labute approximate surface area is 154 Å². The van der Waals surface area contributed by atoms with Gasteiger partial charge in [-0.25, -0.2) is 0 Å². The van der Waals surface area contributed by atoms with Gasteiger partial charge in [0.05, 0.1) is 12.2 Å². The van der Waals surface area contributed by atoms with Gasteiger partial charge in [0, 0.05) is 36.8 Å². The van der Waals surface area contributed by atoms with Crippen molar-refractivity contribution in [3.05, 3.63) is 53.0 Å². The average molecular weight is 353 g/mol. The molecule has 26 heavy (non-hydrogen) atoms. The molecule has 2 heterocycles. The van der Waals surface area contributed by atoms with Crippen LogP contribution in [-0.4, -0.2) is 29.3 Å². The Hall–Kier alpha value is -2.76. The van der Waals surface area contributed by atoms with Gasteiger partial charge in [-0.1, -0.05) is 18.2 Å². The summed E-state index contributed by atoms with van der Waals surface area (Å²) < 4.78 is 7.98. The minimum absolute atomic E-state index is 0.609. The number of hydrogen-bond donors (Lipinski definition) is 2. The first-order chi connectivity index (χ1) is 12.6. The van der Waals surface area contributed by atoms with Crippen molar-refractivity contribution in [2.24, 2.45) is 4.99 Å². The molecule has 2 aromatic heterocycles. The number of rotatable bonds is 6. The number of guanidine groups is 1. The third-order valence-electron chi connectivity index (χ3n) is 4.52. The maximum Gasteiger partial charge on any atom is 0.191 e. The van der Waals surface area contributed by atoms with Gasteiger partial charge in [0.2, 0.25) is 0 Å². The first kappa shape index (κ1) is 18.0. The molecule has 138 valence electrons. The topological polar surface area (TPSA) is 67.4 Å². The summed E-state index contributed by atoms with van der Waals surface area (Å²) >= 11 is 0. The zero-order valence-electron chi connectivity index (χ0n) is 16.0. The molecule has 0 spiro atoms. The van der Waals surface area contributed by atoms with Crippen molar-refractivity contribution >= 4 is 16.9 Å². The lowest BCUT2D eigenvalue weighted by Crippen LogP contribution is -2.37. The van der Waals surface area contributed by atoms with E-state index >= 15 is 0 Å². The second kappa shape index (κ2) is 8.08. The molecule has 0 saturated heterocycles. The lowest BCUT2D eigenvalue weighted by atomic mass is 10.1. The highest BCUT2D eigenvalue weighted by molar-refractivity contribution is 5.82. The normalized spacial score (nSPS) is 11.9. The molecule has 6 nitrogen and oxygen atoms in total. The lowest BCUT2D eigenvalue weighted by molar-refractivity contribution is 0.531. The van der Waals surface area contributed by atoms with E-state index in [1.807, 2.05) is 29.8 Å². The number of para-hydroxylation sites is 1. The molecule has 3 aromatic rings. The molecule has 0 saturated carbocycles. The Balaban J connectivity index is 1.48. The van der Waals surface area contributed by atoms with Crippen molar-refractivity contribution in [1.82, 2.24) is 20.4 Å². The molecule has 3 rings (SSSR count). The SMILES string of the molecule is CN=C(NCCCn1nc(C)cc1C)NCc1oc2ccccc2c1C. The molecule has 0 aliphatic rings. The van der Waals surface area contributed by atoms with Gasteiger partial charge in [-0.05, 0) is 39.3 Å². The molecular formula is C20H27N5O. The Morgan fingerprint density at radius 2 is 2.00 bits per heavy atom. The van der Waals surface area contributed by atoms with E-state index in [1.165, 1.54) is 11.3 Å².